The van der Waals surface area contributed by atoms with Crippen LogP contribution >= 0.6 is 0 Å². The van der Waals surface area contributed by atoms with Crippen molar-refractivity contribution in [1.29, 1.82) is 0 Å². The molecule has 3 aromatic rings. The lowest BCUT2D eigenvalue weighted by Gasteiger charge is -2.26. The third-order valence-corrected chi connectivity index (χ3v) is 5.24. The summed E-state index contributed by atoms with van der Waals surface area (Å²) in [5.41, 5.74) is 2.64. The van der Waals surface area contributed by atoms with Crippen LogP contribution in [0.1, 0.15) is 27.5 Å². The zero-order valence-corrected chi connectivity index (χ0v) is 19.0. The van der Waals surface area contributed by atoms with Gasteiger partial charge in [-0.05, 0) is 61.6 Å². The molecule has 0 heterocycles. The summed E-state index contributed by atoms with van der Waals surface area (Å²) < 4.78 is 16.5. The number of para-hydroxylation sites is 1. The van der Waals surface area contributed by atoms with Gasteiger partial charge in [-0.2, -0.15) is 0 Å². The molecular weight excluding hydrogens is 404 g/mol. The van der Waals surface area contributed by atoms with E-state index >= 15 is 0 Å². The van der Waals surface area contributed by atoms with Crippen LogP contribution < -0.4 is 19.5 Å². The first kappa shape index (κ1) is 23.2. The largest absolute Gasteiger partial charge is 0.493 e. The zero-order valence-electron chi connectivity index (χ0n) is 19.0. The fourth-order valence-electron chi connectivity index (χ4n) is 3.39. The van der Waals surface area contributed by atoms with Crippen molar-refractivity contribution >= 4 is 5.91 Å². The van der Waals surface area contributed by atoms with Gasteiger partial charge in [-0.1, -0.05) is 36.4 Å². The molecule has 3 aromatic carbocycles. The minimum Gasteiger partial charge on any atom is -0.493 e. The van der Waals surface area contributed by atoms with Crippen molar-refractivity contribution < 1.29 is 19.0 Å². The van der Waals surface area contributed by atoms with Crippen molar-refractivity contribution in [2.45, 2.75) is 12.6 Å². The van der Waals surface area contributed by atoms with Crippen LogP contribution in [-0.2, 0) is 6.61 Å². The topological polar surface area (TPSA) is 60.0 Å². The summed E-state index contributed by atoms with van der Waals surface area (Å²) in [5, 5.41) is 3.04. The van der Waals surface area contributed by atoms with Gasteiger partial charge in [-0.25, -0.2) is 0 Å². The van der Waals surface area contributed by atoms with Crippen molar-refractivity contribution in [1.82, 2.24) is 10.2 Å². The third-order valence-electron chi connectivity index (χ3n) is 5.24. The van der Waals surface area contributed by atoms with E-state index in [1.54, 1.807) is 14.2 Å². The Kier molecular flexibility index (Phi) is 8.11. The van der Waals surface area contributed by atoms with Crippen molar-refractivity contribution in [3.63, 3.8) is 0 Å². The van der Waals surface area contributed by atoms with Gasteiger partial charge in [-0.15, -0.1) is 0 Å². The third kappa shape index (κ3) is 6.02. The fourth-order valence-corrected chi connectivity index (χ4v) is 3.39. The second-order valence-electron chi connectivity index (χ2n) is 7.60. The van der Waals surface area contributed by atoms with Crippen molar-refractivity contribution in [2.75, 3.05) is 34.9 Å². The van der Waals surface area contributed by atoms with Gasteiger partial charge in [-0.3, -0.25) is 4.79 Å². The molecule has 6 nitrogen and oxygen atoms in total. The molecule has 0 aliphatic heterocycles. The number of hydrogen-bond donors (Lipinski definition) is 1. The Labute approximate surface area is 189 Å². The number of ether oxygens (including phenoxy) is 3. The van der Waals surface area contributed by atoms with Crippen LogP contribution in [0.25, 0.3) is 0 Å². The van der Waals surface area contributed by atoms with E-state index in [1.165, 1.54) is 0 Å². The highest BCUT2D eigenvalue weighted by Crippen LogP contribution is 2.31. The summed E-state index contributed by atoms with van der Waals surface area (Å²) in [5.74, 6) is 2.04. The molecule has 3 rings (SSSR count). The van der Waals surface area contributed by atoms with Gasteiger partial charge in [0, 0.05) is 12.1 Å². The van der Waals surface area contributed by atoms with E-state index in [4.69, 9.17) is 14.2 Å². The molecule has 32 heavy (non-hydrogen) atoms. The molecule has 168 valence electrons. The molecule has 1 amide bonds. The summed E-state index contributed by atoms with van der Waals surface area (Å²) in [7, 11) is 7.19. The minimum atomic E-state index is -0.118. The molecule has 0 bridgehead atoms. The van der Waals surface area contributed by atoms with E-state index in [0.717, 1.165) is 16.9 Å². The van der Waals surface area contributed by atoms with Gasteiger partial charge in [0.2, 0.25) is 0 Å². The van der Waals surface area contributed by atoms with Crippen LogP contribution in [0, 0.1) is 0 Å². The van der Waals surface area contributed by atoms with Crippen molar-refractivity contribution in [3.05, 3.63) is 89.5 Å². The van der Waals surface area contributed by atoms with Gasteiger partial charge in [0.25, 0.3) is 5.91 Å². The van der Waals surface area contributed by atoms with E-state index in [1.807, 2.05) is 86.9 Å². The molecule has 6 heteroatoms. The van der Waals surface area contributed by atoms with Gasteiger partial charge >= 0.3 is 0 Å². The number of carbonyl (C=O) groups excluding carboxylic acids is 1. The molecule has 0 aromatic heterocycles. The Morgan fingerprint density at radius 2 is 1.59 bits per heavy atom. The van der Waals surface area contributed by atoms with Crippen molar-refractivity contribution in [2.24, 2.45) is 0 Å². The average Bonchev–Trinajstić information content (AvgIpc) is 2.83. The fraction of sp³-hybridized carbons (Fsp3) is 0.269. The zero-order chi connectivity index (χ0) is 22.9. The first-order valence-corrected chi connectivity index (χ1v) is 10.4. The smallest absolute Gasteiger partial charge is 0.251 e. The number of rotatable bonds is 10. The molecule has 0 aliphatic rings. The van der Waals surface area contributed by atoms with E-state index in [2.05, 4.69) is 10.2 Å². The number of benzene rings is 3. The summed E-state index contributed by atoms with van der Waals surface area (Å²) in [6.45, 7) is 0.911. The van der Waals surface area contributed by atoms with Crippen LogP contribution in [0.5, 0.6) is 17.2 Å². The summed E-state index contributed by atoms with van der Waals surface area (Å²) in [6.07, 6.45) is 0. The monoisotopic (exact) mass is 434 g/mol. The van der Waals surface area contributed by atoms with Gasteiger partial charge in [0.1, 0.15) is 12.4 Å². The Morgan fingerprint density at radius 1 is 0.906 bits per heavy atom. The first-order chi connectivity index (χ1) is 15.5. The molecule has 0 spiro atoms. The molecule has 0 fully saturated rings. The Balaban J connectivity index is 1.60. The number of carbonyl (C=O) groups is 1. The van der Waals surface area contributed by atoms with Crippen LogP contribution in [0.4, 0.5) is 0 Å². The number of hydrogen-bond acceptors (Lipinski definition) is 5. The molecule has 0 saturated heterocycles. The van der Waals surface area contributed by atoms with Crippen LogP contribution in [0.2, 0.25) is 0 Å². The maximum atomic E-state index is 12.7. The van der Waals surface area contributed by atoms with Gasteiger partial charge < -0.3 is 24.4 Å². The number of nitrogens with zero attached hydrogens (tertiary/aromatic N) is 1. The second kappa shape index (κ2) is 11.2. The van der Waals surface area contributed by atoms with Gasteiger partial charge in [0.15, 0.2) is 11.5 Å². The minimum absolute atomic E-state index is 0.0164. The van der Waals surface area contributed by atoms with Crippen LogP contribution in [0.3, 0.4) is 0 Å². The standard InChI is InChI=1S/C26H30N2O4/c1-28(2)23(21-14-15-24(30-3)25(16-21)31-4)17-27-26(29)20-12-10-19(11-13-20)18-32-22-8-6-5-7-9-22/h5-16,23H,17-18H2,1-4H3,(H,27,29). The maximum absolute atomic E-state index is 12.7. The lowest BCUT2D eigenvalue weighted by atomic mass is 10.0. The van der Waals surface area contributed by atoms with E-state index in [9.17, 15) is 4.79 Å². The highest BCUT2D eigenvalue weighted by molar-refractivity contribution is 5.94. The first-order valence-electron chi connectivity index (χ1n) is 10.4. The molecule has 1 N–H and O–H groups in total. The number of methoxy groups -OCH3 is 2. The van der Waals surface area contributed by atoms with Crippen LogP contribution in [-0.4, -0.2) is 45.7 Å². The summed E-state index contributed by atoms with van der Waals surface area (Å²) in [4.78, 5) is 14.8. The van der Waals surface area contributed by atoms with Crippen LogP contribution in [0.15, 0.2) is 72.8 Å². The molecular formula is C26H30N2O4. The second-order valence-corrected chi connectivity index (χ2v) is 7.60. The molecule has 0 saturated carbocycles. The van der Waals surface area contributed by atoms with E-state index < -0.39 is 0 Å². The SMILES string of the molecule is COc1ccc(C(CNC(=O)c2ccc(COc3ccccc3)cc2)N(C)C)cc1OC. The summed E-state index contributed by atoms with van der Waals surface area (Å²) in [6, 6.07) is 22.9. The van der Waals surface area contributed by atoms with E-state index in [0.29, 0.717) is 30.2 Å². The lowest BCUT2D eigenvalue weighted by Crippen LogP contribution is -2.34. The average molecular weight is 435 g/mol. The number of nitrogens with one attached hydrogen (secondary N) is 1. The molecule has 0 radical (unpaired) electrons. The molecule has 1 unspecified atom stereocenters. The number of amides is 1. The predicted octanol–water partition coefficient (Wildman–Crippen LogP) is 4.32. The number of likely N-dealkylation sites (N-methyl/N-ethyl adjacent to an activating group) is 1. The lowest BCUT2D eigenvalue weighted by molar-refractivity contribution is 0.0942. The Bertz CT molecular complexity index is 1000. The highest BCUT2D eigenvalue weighted by Gasteiger charge is 2.18. The molecule has 1 atom stereocenters. The highest BCUT2D eigenvalue weighted by atomic mass is 16.5. The van der Waals surface area contributed by atoms with Gasteiger partial charge in [0.05, 0.1) is 20.3 Å². The summed E-state index contributed by atoms with van der Waals surface area (Å²) >= 11 is 0. The van der Waals surface area contributed by atoms with E-state index in [-0.39, 0.29) is 11.9 Å². The quantitative estimate of drug-likeness (QED) is 0.515. The Hall–Kier alpha value is -3.51. The van der Waals surface area contributed by atoms with Crippen molar-refractivity contribution in [3.8, 4) is 17.2 Å². The predicted molar refractivity (Wildman–Crippen MR) is 126 cm³/mol. The maximum Gasteiger partial charge on any atom is 0.251 e. The normalized spacial score (nSPS) is 11.7. The Morgan fingerprint density at radius 3 is 2.22 bits per heavy atom. The molecule has 0 aliphatic carbocycles.